The minimum Gasteiger partial charge on any atom is -0.508 e. The van der Waals surface area contributed by atoms with Crippen molar-refractivity contribution in [2.75, 3.05) is 25.1 Å². The zero-order valence-electron chi connectivity index (χ0n) is 42.7. The maximum atomic E-state index is 14.6. The molecular formula is C53H72N10O10S2. The van der Waals surface area contributed by atoms with Crippen molar-refractivity contribution < 1.29 is 48.6 Å². The van der Waals surface area contributed by atoms with Crippen LogP contribution in [0.4, 0.5) is 0 Å². The van der Waals surface area contributed by atoms with Gasteiger partial charge in [-0.2, -0.15) is 0 Å². The zero-order chi connectivity index (χ0) is 55.0. The number of aliphatic hydroxyl groups is 1. The van der Waals surface area contributed by atoms with Gasteiger partial charge in [-0.15, -0.1) is 0 Å². The topological polar surface area (TPSA) is 339 Å². The van der Waals surface area contributed by atoms with Crippen LogP contribution in [0.1, 0.15) is 63.1 Å². The molecule has 15 N–H and O–H groups in total. The number of hydrogen-bond acceptors (Lipinski definition) is 14. The molecule has 20 nitrogen and oxygen atoms in total. The van der Waals surface area contributed by atoms with Gasteiger partial charge in [0.05, 0.1) is 18.7 Å². The second-order valence-electron chi connectivity index (χ2n) is 18.5. The van der Waals surface area contributed by atoms with Crippen molar-refractivity contribution in [2.24, 2.45) is 23.1 Å². The molecule has 0 radical (unpaired) electrons. The summed E-state index contributed by atoms with van der Waals surface area (Å²) in [5, 5.41) is 40.4. The van der Waals surface area contributed by atoms with Crippen molar-refractivity contribution in [1.29, 1.82) is 0 Å². The lowest BCUT2D eigenvalue weighted by Gasteiger charge is -2.28. The first-order chi connectivity index (χ1) is 35.8. The highest BCUT2D eigenvalue weighted by Gasteiger charge is 2.34. The molecule has 0 aliphatic rings. The predicted octanol–water partition coefficient (Wildman–Crippen LogP) is 0.978. The number of carbonyl (C=O) groups is 8. The molecular weight excluding hydrogens is 1000 g/mol. The number of aromatic hydroxyl groups is 1. The summed E-state index contributed by atoms with van der Waals surface area (Å²) in [4.78, 5) is 109. The summed E-state index contributed by atoms with van der Waals surface area (Å²) in [6.07, 6.45) is 1.91. The Morgan fingerprint density at radius 3 is 1.79 bits per heavy atom. The van der Waals surface area contributed by atoms with Gasteiger partial charge in [0.1, 0.15) is 42.0 Å². The minimum absolute atomic E-state index is 0.0279. The Kier molecular flexibility index (Phi) is 25.3. The third-order valence-electron chi connectivity index (χ3n) is 12.2. The minimum atomic E-state index is -1.41. The van der Waals surface area contributed by atoms with Gasteiger partial charge in [-0.3, -0.25) is 38.4 Å². The molecule has 0 spiro atoms. The molecule has 0 aliphatic heterocycles. The number of amides is 8. The lowest BCUT2D eigenvalue weighted by molar-refractivity contribution is -0.135. The highest BCUT2D eigenvalue weighted by Crippen LogP contribution is 2.20. The van der Waals surface area contributed by atoms with E-state index in [0.29, 0.717) is 24.8 Å². The summed E-state index contributed by atoms with van der Waals surface area (Å²) < 4.78 is 0. The number of phenols is 1. The number of nitrogens with two attached hydrogens (primary N) is 3. The number of primary amides is 1. The Hall–Kier alpha value is -6.72. The Balaban J connectivity index is 1.57. The van der Waals surface area contributed by atoms with Gasteiger partial charge in [0, 0.05) is 12.2 Å². The van der Waals surface area contributed by atoms with E-state index in [4.69, 9.17) is 17.2 Å². The molecule has 0 saturated heterocycles. The predicted molar refractivity (Wildman–Crippen MR) is 291 cm³/mol. The van der Waals surface area contributed by atoms with Crippen LogP contribution >= 0.6 is 21.6 Å². The Bertz CT molecular complexity index is 2540. The van der Waals surface area contributed by atoms with E-state index in [1.54, 1.807) is 26.0 Å². The summed E-state index contributed by atoms with van der Waals surface area (Å²) >= 11 is 0. The second kappa shape index (κ2) is 31.2. The number of hydrogen-bond donors (Lipinski definition) is 12. The Morgan fingerprint density at radius 2 is 1.16 bits per heavy atom. The number of benzene rings is 4. The average molecular weight is 1070 g/mol. The lowest BCUT2D eigenvalue weighted by Crippen LogP contribution is -2.60. The van der Waals surface area contributed by atoms with E-state index in [2.05, 4.69) is 37.2 Å². The van der Waals surface area contributed by atoms with Crippen LogP contribution in [0.2, 0.25) is 0 Å². The van der Waals surface area contributed by atoms with Crippen molar-refractivity contribution in [1.82, 2.24) is 37.2 Å². The fourth-order valence-corrected chi connectivity index (χ4v) is 9.23. The van der Waals surface area contributed by atoms with Gasteiger partial charge in [0.2, 0.25) is 47.3 Å². The normalized spacial score (nSPS) is 14.4. The zero-order valence-corrected chi connectivity index (χ0v) is 44.3. The smallest absolute Gasteiger partial charge is 0.244 e. The van der Waals surface area contributed by atoms with Crippen LogP contribution in [0, 0.1) is 5.92 Å². The number of nitrogens with one attached hydrogen (secondary N) is 7. The summed E-state index contributed by atoms with van der Waals surface area (Å²) in [5.74, 6) is -6.51. The Morgan fingerprint density at radius 1 is 0.587 bits per heavy atom. The SMILES string of the molecule is CSSCC(NC(=O)[C@H](N)Cc1ccc2ccccc2c1)C(=O)N[C@@H](Cc1ccc(O)cc1)C(=O)N[C@H](CCc1ccccc1)C(=O)N[C@@H](CCCCN)C(=O)N[C@H](C(=O)NCC(=O)N[C@H](C(N)=O)C(C)O)C(C)C. The molecule has 8 atom stereocenters. The summed E-state index contributed by atoms with van der Waals surface area (Å²) in [6.45, 7) is 4.25. The molecule has 0 aromatic heterocycles. The molecule has 406 valence electrons. The molecule has 4 aromatic rings. The van der Waals surface area contributed by atoms with E-state index in [9.17, 15) is 48.6 Å². The van der Waals surface area contributed by atoms with Crippen molar-refractivity contribution in [3.05, 3.63) is 114 Å². The van der Waals surface area contributed by atoms with Gasteiger partial charge < -0.3 is 64.6 Å². The molecule has 0 saturated carbocycles. The number of rotatable bonds is 31. The molecule has 0 fully saturated rings. The van der Waals surface area contributed by atoms with E-state index >= 15 is 0 Å². The van der Waals surface area contributed by atoms with Gasteiger partial charge in [-0.25, -0.2) is 0 Å². The number of aryl methyl sites for hydroxylation is 1. The number of carbonyl (C=O) groups excluding carboxylic acids is 8. The number of fused-ring (bicyclic) bond motifs is 1. The maximum Gasteiger partial charge on any atom is 0.244 e. The van der Waals surface area contributed by atoms with E-state index in [1.807, 2.05) is 79.1 Å². The van der Waals surface area contributed by atoms with E-state index in [0.717, 1.165) is 21.9 Å². The molecule has 0 heterocycles. The molecule has 0 aliphatic carbocycles. The number of unbranched alkanes of at least 4 members (excludes halogenated alkanes) is 1. The fraction of sp³-hybridized carbons (Fsp3) is 0.434. The first kappa shape index (κ1) is 60.8. The van der Waals surface area contributed by atoms with Crippen molar-refractivity contribution in [2.45, 2.75) is 114 Å². The maximum absolute atomic E-state index is 14.6. The third-order valence-corrected chi connectivity index (χ3v) is 14.0. The second-order valence-corrected chi connectivity index (χ2v) is 21.1. The molecule has 4 aromatic carbocycles. The van der Waals surface area contributed by atoms with Crippen LogP contribution < -0.4 is 54.4 Å². The molecule has 0 bridgehead atoms. The molecule has 75 heavy (non-hydrogen) atoms. The highest BCUT2D eigenvalue weighted by molar-refractivity contribution is 8.76. The van der Waals surface area contributed by atoms with Crippen LogP contribution in [0.25, 0.3) is 10.8 Å². The van der Waals surface area contributed by atoms with Crippen LogP contribution in [0.3, 0.4) is 0 Å². The fourth-order valence-electron chi connectivity index (χ4n) is 7.91. The standard InChI is InChI=1S/C53H72N10O10S2/c1-31(2)45(53(73)57-29-44(66)62-46(32(3)64)47(56)67)63-50(70)40(16-10-11-25-54)58-49(69)41(24-20-33-12-6-5-7-13-33)59-51(71)42(28-34-18-22-38(65)23-19-34)60-52(72)43(30-75-74-4)61-48(68)39(55)27-35-17-21-36-14-8-9-15-37(36)26-35/h5-9,12-15,17-19,21-23,26,31-32,39-43,45-46,64-65H,10-11,16,20,24-25,27-30,54-55H2,1-4H3,(H2,56,67)(H,57,73)(H,58,69)(H,59,71)(H,60,72)(H,61,68)(H,62,66)(H,63,70)/t32?,39-,40+,41-,42+,43?,45+,46+/m1/s1. The van der Waals surface area contributed by atoms with Crippen LogP contribution in [-0.2, 0) is 57.6 Å². The number of phenolic OH excluding ortho intramolecular Hbond substituents is 1. The van der Waals surface area contributed by atoms with Gasteiger partial charge in [-0.1, -0.05) is 120 Å². The van der Waals surface area contributed by atoms with E-state index < -0.39 is 108 Å². The number of aliphatic hydroxyl groups excluding tert-OH is 1. The third kappa shape index (κ3) is 20.5. The molecule has 2 unspecified atom stereocenters. The quantitative estimate of drug-likeness (QED) is 0.0247. The lowest BCUT2D eigenvalue weighted by atomic mass is 10.00. The average Bonchev–Trinajstić information content (AvgIpc) is 3.38. The van der Waals surface area contributed by atoms with Gasteiger partial charge in [0.15, 0.2) is 0 Å². The molecule has 22 heteroatoms. The largest absolute Gasteiger partial charge is 0.508 e. The van der Waals surface area contributed by atoms with Crippen molar-refractivity contribution in [3.63, 3.8) is 0 Å². The Labute approximate surface area is 445 Å². The summed E-state index contributed by atoms with van der Waals surface area (Å²) in [7, 11) is 2.68. The summed E-state index contributed by atoms with van der Waals surface area (Å²) in [5.41, 5.74) is 19.7. The van der Waals surface area contributed by atoms with Crippen molar-refractivity contribution >= 4 is 79.6 Å². The van der Waals surface area contributed by atoms with Crippen LogP contribution in [-0.4, -0.2) is 131 Å². The van der Waals surface area contributed by atoms with Gasteiger partial charge >= 0.3 is 0 Å². The van der Waals surface area contributed by atoms with Crippen LogP contribution in [0.5, 0.6) is 5.75 Å². The van der Waals surface area contributed by atoms with E-state index in [-0.39, 0.29) is 43.7 Å². The first-order valence-electron chi connectivity index (χ1n) is 24.8. The van der Waals surface area contributed by atoms with Gasteiger partial charge in [0.25, 0.3) is 0 Å². The summed E-state index contributed by atoms with van der Waals surface area (Å²) in [6, 6.07) is 20.2. The highest BCUT2D eigenvalue weighted by atomic mass is 33.1. The van der Waals surface area contributed by atoms with E-state index in [1.165, 1.54) is 40.6 Å². The van der Waals surface area contributed by atoms with Gasteiger partial charge in [-0.05, 0) is 104 Å². The monoisotopic (exact) mass is 1070 g/mol. The molecule has 8 amide bonds. The molecule has 4 rings (SSSR count). The van der Waals surface area contributed by atoms with Crippen LogP contribution in [0.15, 0.2) is 97.1 Å². The van der Waals surface area contributed by atoms with Crippen molar-refractivity contribution in [3.8, 4) is 5.75 Å². The first-order valence-corrected chi connectivity index (χ1v) is 27.5.